The van der Waals surface area contributed by atoms with Gasteiger partial charge in [0.25, 0.3) is 0 Å². The van der Waals surface area contributed by atoms with Gasteiger partial charge in [-0.05, 0) is 66.8 Å². The van der Waals surface area contributed by atoms with Crippen molar-refractivity contribution in [3.05, 3.63) is 100 Å². The molecular weight excluding hydrogens is 388 g/mol. The van der Waals surface area contributed by atoms with Gasteiger partial charge in [0.1, 0.15) is 5.75 Å². The molecule has 0 aliphatic heterocycles. The first-order valence-corrected chi connectivity index (χ1v) is 10.3. The second-order valence-electron chi connectivity index (χ2n) is 7.96. The van der Waals surface area contributed by atoms with E-state index in [1.807, 2.05) is 24.3 Å². The molecule has 3 aromatic carbocycles. The smallest absolute Gasteiger partial charge is 0.307 e. The second-order valence-corrected chi connectivity index (χ2v) is 7.96. The molecule has 156 valence electrons. The maximum absolute atomic E-state index is 10.9. The number of hydrogen-bond acceptors (Lipinski definition) is 3. The van der Waals surface area contributed by atoms with E-state index in [0.717, 1.165) is 24.0 Å². The number of ether oxygens (including phenoxy) is 1. The van der Waals surface area contributed by atoms with E-state index in [2.05, 4.69) is 43.0 Å². The zero-order valence-corrected chi connectivity index (χ0v) is 17.4. The SMILES string of the molecule is Cc1cc(C#Cc2ccc(O)c(CC(=O)O)c2)ccc1C1(OCc2ccccc2)CC1. The lowest BCUT2D eigenvalue weighted by atomic mass is 9.98. The molecule has 0 amide bonds. The van der Waals surface area contributed by atoms with Crippen LogP contribution in [-0.4, -0.2) is 16.2 Å². The molecule has 1 aliphatic carbocycles. The van der Waals surface area contributed by atoms with Gasteiger partial charge in [0.05, 0.1) is 18.6 Å². The number of phenols is 1. The zero-order chi connectivity index (χ0) is 21.8. The quantitative estimate of drug-likeness (QED) is 0.563. The van der Waals surface area contributed by atoms with Crippen LogP contribution in [0.3, 0.4) is 0 Å². The van der Waals surface area contributed by atoms with Crippen LogP contribution >= 0.6 is 0 Å². The fraction of sp³-hybridized carbons (Fsp3) is 0.222. The van der Waals surface area contributed by atoms with Crippen molar-refractivity contribution in [1.29, 1.82) is 0 Å². The average Bonchev–Trinajstić information content (AvgIpc) is 3.54. The lowest BCUT2D eigenvalue weighted by Gasteiger charge is -2.19. The first-order valence-electron chi connectivity index (χ1n) is 10.3. The summed E-state index contributed by atoms with van der Waals surface area (Å²) in [5.74, 6) is 5.18. The molecule has 0 heterocycles. The summed E-state index contributed by atoms with van der Waals surface area (Å²) in [4.78, 5) is 10.9. The van der Waals surface area contributed by atoms with Crippen molar-refractivity contribution >= 4 is 5.97 Å². The number of aliphatic carboxylic acids is 1. The third-order valence-corrected chi connectivity index (χ3v) is 5.55. The van der Waals surface area contributed by atoms with Crippen LogP contribution in [0.4, 0.5) is 0 Å². The van der Waals surface area contributed by atoms with Crippen LogP contribution in [0.1, 0.15) is 46.2 Å². The molecule has 2 N–H and O–H groups in total. The van der Waals surface area contributed by atoms with Gasteiger partial charge in [-0.1, -0.05) is 48.2 Å². The Balaban J connectivity index is 1.49. The van der Waals surface area contributed by atoms with E-state index in [-0.39, 0.29) is 17.8 Å². The predicted molar refractivity (Wildman–Crippen MR) is 119 cm³/mol. The van der Waals surface area contributed by atoms with Crippen molar-refractivity contribution in [2.45, 2.75) is 38.4 Å². The molecule has 0 atom stereocenters. The molecular formula is C27H24O4. The number of rotatable bonds is 6. The Bertz CT molecular complexity index is 1160. The fourth-order valence-corrected chi connectivity index (χ4v) is 3.77. The summed E-state index contributed by atoms with van der Waals surface area (Å²) in [6, 6.07) is 21.2. The van der Waals surface area contributed by atoms with Crippen molar-refractivity contribution in [2.24, 2.45) is 0 Å². The summed E-state index contributed by atoms with van der Waals surface area (Å²) >= 11 is 0. The summed E-state index contributed by atoms with van der Waals surface area (Å²) in [5.41, 5.74) is 5.24. The number of carbonyl (C=O) groups is 1. The monoisotopic (exact) mass is 412 g/mol. The van der Waals surface area contributed by atoms with Gasteiger partial charge in [-0.2, -0.15) is 0 Å². The summed E-state index contributed by atoms with van der Waals surface area (Å²) < 4.78 is 6.31. The molecule has 1 fully saturated rings. The number of phenolic OH excluding ortho intramolecular Hbond substituents is 1. The lowest BCUT2D eigenvalue weighted by molar-refractivity contribution is -0.136. The number of carboxylic acids is 1. The van der Waals surface area contributed by atoms with E-state index in [4.69, 9.17) is 9.84 Å². The third-order valence-electron chi connectivity index (χ3n) is 5.55. The van der Waals surface area contributed by atoms with Crippen molar-refractivity contribution in [2.75, 3.05) is 0 Å². The van der Waals surface area contributed by atoms with Crippen molar-refractivity contribution < 1.29 is 19.7 Å². The Kier molecular flexibility index (Phi) is 5.79. The van der Waals surface area contributed by atoms with Gasteiger partial charge in [0.2, 0.25) is 0 Å². The minimum Gasteiger partial charge on any atom is -0.508 e. The molecule has 0 bridgehead atoms. The topological polar surface area (TPSA) is 66.8 Å². The summed E-state index contributed by atoms with van der Waals surface area (Å²) in [6.45, 7) is 2.68. The van der Waals surface area contributed by atoms with Crippen LogP contribution in [0.2, 0.25) is 0 Å². The standard InChI is InChI=1S/C27H24O4/c1-19-15-20(7-8-21-10-12-25(28)23(16-21)17-26(29)30)9-11-24(19)27(13-14-27)31-18-22-5-3-2-4-6-22/h2-6,9-12,15-16,28H,13-14,17-18H2,1H3,(H,29,30). The number of carboxylic acid groups (broad SMARTS) is 1. The largest absolute Gasteiger partial charge is 0.508 e. The van der Waals surface area contributed by atoms with E-state index >= 15 is 0 Å². The molecule has 4 rings (SSSR count). The lowest BCUT2D eigenvalue weighted by Crippen LogP contribution is -2.13. The molecule has 4 nitrogen and oxygen atoms in total. The third kappa shape index (κ3) is 4.96. The number of aryl methyl sites for hydroxylation is 1. The van der Waals surface area contributed by atoms with Crippen LogP contribution in [0.25, 0.3) is 0 Å². The predicted octanol–water partition coefficient (Wildman–Crippen LogP) is 4.93. The van der Waals surface area contributed by atoms with E-state index in [9.17, 15) is 9.90 Å². The van der Waals surface area contributed by atoms with Gasteiger partial charge >= 0.3 is 5.97 Å². The Labute approximate surface area is 182 Å². The van der Waals surface area contributed by atoms with Crippen LogP contribution < -0.4 is 0 Å². The van der Waals surface area contributed by atoms with Gasteiger partial charge in [-0.3, -0.25) is 4.79 Å². The highest BCUT2D eigenvalue weighted by molar-refractivity contribution is 5.71. The summed E-state index contributed by atoms with van der Waals surface area (Å²) in [6.07, 6.45) is 1.80. The van der Waals surface area contributed by atoms with Gasteiger partial charge in [-0.15, -0.1) is 0 Å². The maximum Gasteiger partial charge on any atom is 0.307 e. The average molecular weight is 412 g/mol. The Morgan fingerprint density at radius 3 is 2.32 bits per heavy atom. The molecule has 4 heteroatoms. The van der Waals surface area contributed by atoms with E-state index in [0.29, 0.717) is 17.7 Å². The molecule has 0 radical (unpaired) electrons. The summed E-state index contributed by atoms with van der Waals surface area (Å²) in [5, 5.41) is 18.8. The normalized spacial score (nSPS) is 13.8. The fourth-order valence-electron chi connectivity index (χ4n) is 3.77. The van der Waals surface area contributed by atoms with E-state index < -0.39 is 5.97 Å². The Morgan fingerprint density at radius 1 is 1.00 bits per heavy atom. The molecule has 0 unspecified atom stereocenters. The molecule has 0 saturated heterocycles. The number of aromatic hydroxyl groups is 1. The van der Waals surface area contributed by atoms with E-state index in [1.165, 1.54) is 17.2 Å². The minimum absolute atomic E-state index is 0.0293. The molecule has 0 aromatic heterocycles. The minimum atomic E-state index is -0.991. The van der Waals surface area contributed by atoms with Crippen molar-refractivity contribution in [1.82, 2.24) is 0 Å². The molecule has 3 aromatic rings. The van der Waals surface area contributed by atoms with Gasteiger partial charge in [-0.25, -0.2) is 0 Å². The highest BCUT2D eigenvalue weighted by Crippen LogP contribution is 2.50. The first kappa shape index (κ1) is 20.7. The van der Waals surface area contributed by atoms with Crippen LogP contribution in [0.15, 0.2) is 66.7 Å². The van der Waals surface area contributed by atoms with Gasteiger partial charge in [0.15, 0.2) is 0 Å². The molecule has 0 spiro atoms. The van der Waals surface area contributed by atoms with Gasteiger partial charge in [0, 0.05) is 16.7 Å². The molecule has 1 aliphatic rings. The van der Waals surface area contributed by atoms with Crippen LogP contribution in [0.5, 0.6) is 5.75 Å². The van der Waals surface area contributed by atoms with Crippen molar-refractivity contribution in [3.8, 4) is 17.6 Å². The second kappa shape index (κ2) is 8.67. The summed E-state index contributed by atoms with van der Waals surface area (Å²) in [7, 11) is 0. The van der Waals surface area contributed by atoms with Crippen LogP contribution in [0, 0.1) is 18.8 Å². The Morgan fingerprint density at radius 2 is 1.68 bits per heavy atom. The van der Waals surface area contributed by atoms with Crippen LogP contribution in [-0.2, 0) is 28.2 Å². The highest BCUT2D eigenvalue weighted by Gasteiger charge is 2.46. The van der Waals surface area contributed by atoms with Gasteiger partial charge < -0.3 is 14.9 Å². The number of hydrogen-bond donors (Lipinski definition) is 2. The number of benzene rings is 3. The maximum atomic E-state index is 10.9. The molecule has 1 saturated carbocycles. The highest BCUT2D eigenvalue weighted by atomic mass is 16.5. The van der Waals surface area contributed by atoms with E-state index in [1.54, 1.807) is 12.1 Å². The Hall–Kier alpha value is -3.55. The van der Waals surface area contributed by atoms with Crippen molar-refractivity contribution in [3.63, 3.8) is 0 Å². The zero-order valence-electron chi connectivity index (χ0n) is 17.4. The first-order chi connectivity index (χ1) is 14.9. The molecule has 31 heavy (non-hydrogen) atoms.